The molecule has 0 fully saturated rings. The Morgan fingerprint density at radius 3 is 2.58 bits per heavy atom. The number of amides is 1. The van der Waals surface area contributed by atoms with Crippen LogP contribution in [-0.2, 0) is 0 Å². The van der Waals surface area contributed by atoms with Crippen LogP contribution in [0.25, 0.3) is 20.9 Å². The van der Waals surface area contributed by atoms with Crippen molar-refractivity contribution in [2.45, 2.75) is 0 Å². The fourth-order valence-corrected chi connectivity index (χ4v) is 3.20. The Balaban J connectivity index is 1.55. The van der Waals surface area contributed by atoms with Crippen molar-refractivity contribution in [3.63, 3.8) is 0 Å². The number of pyridine rings is 2. The van der Waals surface area contributed by atoms with Gasteiger partial charge in [0.1, 0.15) is 15.4 Å². The number of thiazole rings is 1. The SMILES string of the molecule is O=C(Nc1ccc(-c2nc3cccnc3s2)cc1)c1cccnc1. The monoisotopic (exact) mass is 332 g/mol. The Labute approximate surface area is 142 Å². The molecule has 24 heavy (non-hydrogen) atoms. The van der Waals surface area contributed by atoms with E-state index in [0.717, 1.165) is 26.6 Å². The Morgan fingerprint density at radius 2 is 1.83 bits per heavy atom. The second-order valence-electron chi connectivity index (χ2n) is 5.12. The molecule has 1 aromatic carbocycles. The van der Waals surface area contributed by atoms with Gasteiger partial charge in [-0.2, -0.15) is 0 Å². The molecular formula is C18H12N4OS. The summed E-state index contributed by atoms with van der Waals surface area (Å²) in [5, 5.41) is 3.77. The van der Waals surface area contributed by atoms with Crippen LogP contribution in [0.3, 0.4) is 0 Å². The third kappa shape index (κ3) is 2.87. The summed E-state index contributed by atoms with van der Waals surface area (Å²) in [6, 6.07) is 14.9. The Bertz CT molecular complexity index is 963. The number of carbonyl (C=O) groups excluding carboxylic acids is 1. The molecule has 0 atom stereocenters. The van der Waals surface area contributed by atoms with E-state index in [1.54, 1.807) is 35.9 Å². The fraction of sp³-hybridized carbons (Fsp3) is 0. The van der Waals surface area contributed by atoms with Gasteiger partial charge in [-0.05, 0) is 48.5 Å². The second kappa shape index (κ2) is 6.17. The van der Waals surface area contributed by atoms with Crippen LogP contribution in [0.2, 0.25) is 0 Å². The topological polar surface area (TPSA) is 67.8 Å². The summed E-state index contributed by atoms with van der Waals surface area (Å²) in [5.41, 5.74) is 3.15. The molecule has 4 aromatic rings. The predicted molar refractivity (Wildman–Crippen MR) is 95.0 cm³/mol. The largest absolute Gasteiger partial charge is 0.322 e. The van der Waals surface area contributed by atoms with Crippen LogP contribution in [0.5, 0.6) is 0 Å². The van der Waals surface area contributed by atoms with Gasteiger partial charge in [0, 0.05) is 29.8 Å². The lowest BCUT2D eigenvalue weighted by atomic mass is 10.2. The summed E-state index contributed by atoms with van der Waals surface area (Å²) in [6.45, 7) is 0. The van der Waals surface area contributed by atoms with E-state index in [4.69, 9.17) is 0 Å². The third-order valence-corrected chi connectivity index (χ3v) is 4.51. The summed E-state index contributed by atoms with van der Waals surface area (Å²) >= 11 is 1.55. The number of fused-ring (bicyclic) bond motifs is 1. The number of hydrogen-bond donors (Lipinski definition) is 1. The van der Waals surface area contributed by atoms with Crippen LogP contribution in [-0.4, -0.2) is 20.9 Å². The van der Waals surface area contributed by atoms with Crippen LogP contribution in [0.15, 0.2) is 67.1 Å². The maximum Gasteiger partial charge on any atom is 0.257 e. The molecule has 3 aromatic heterocycles. The van der Waals surface area contributed by atoms with Crippen molar-refractivity contribution in [2.75, 3.05) is 5.32 Å². The van der Waals surface area contributed by atoms with E-state index < -0.39 is 0 Å². The molecule has 0 radical (unpaired) electrons. The Morgan fingerprint density at radius 1 is 1.00 bits per heavy atom. The zero-order valence-corrected chi connectivity index (χ0v) is 13.3. The molecular weight excluding hydrogens is 320 g/mol. The number of aromatic nitrogens is 3. The van der Waals surface area contributed by atoms with Crippen molar-refractivity contribution in [1.82, 2.24) is 15.0 Å². The normalized spacial score (nSPS) is 10.7. The van der Waals surface area contributed by atoms with Crippen LogP contribution in [0.1, 0.15) is 10.4 Å². The van der Waals surface area contributed by atoms with Crippen molar-refractivity contribution in [2.24, 2.45) is 0 Å². The average Bonchev–Trinajstić information content (AvgIpc) is 3.07. The predicted octanol–water partition coefficient (Wildman–Crippen LogP) is 4.01. The summed E-state index contributed by atoms with van der Waals surface area (Å²) in [7, 11) is 0. The van der Waals surface area contributed by atoms with Gasteiger partial charge in [0.25, 0.3) is 5.91 Å². The first-order valence-electron chi connectivity index (χ1n) is 7.33. The van der Waals surface area contributed by atoms with Crippen LogP contribution >= 0.6 is 11.3 Å². The van der Waals surface area contributed by atoms with Crippen LogP contribution in [0, 0.1) is 0 Å². The number of benzene rings is 1. The molecule has 116 valence electrons. The van der Waals surface area contributed by atoms with Gasteiger partial charge in [0.2, 0.25) is 0 Å². The van der Waals surface area contributed by atoms with E-state index in [1.807, 2.05) is 36.4 Å². The molecule has 3 heterocycles. The average molecular weight is 332 g/mol. The Kier molecular flexibility index (Phi) is 3.72. The lowest BCUT2D eigenvalue weighted by molar-refractivity contribution is 0.102. The molecule has 0 spiro atoms. The van der Waals surface area contributed by atoms with E-state index in [0.29, 0.717) is 5.56 Å². The Hall–Kier alpha value is -3.12. The van der Waals surface area contributed by atoms with Crippen molar-refractivity contribution < 1.29 is 4.79 Å². The quantitative estimate of drug-likeness (QED) is 0.615. The lowest BCUT2D eigenvalue weighted by Gasteiger charge is -2.05. The first-order valence-corrected chi connectivity index (χ1v) is 8.15. The minimum atomic E-state index is -0.181. The summed E-state index contributed by atoms with van der Waals surface area (Å²) < 4.78 is 0. The molecule has 0 saturated carbocycles. The molecule has 0 aliphatic heterocycles. The zero-order valence-electron chi connectivity index (χ0n) is 12.5. The highest BCUT2D eigenvalue weighted by Gasteiger charge is 2.08. The highest BCUT2D eigenvalue weighted by atomic mass is 32.1. The second-order valence-corrected chi connectivity index (χ2v) is 6.10. The van der Waals surface area contributed by atoms with Gasteiger partial charge in [0.05, 0.1) is 5.56 Å². The maximum absolute atomic E-state index is 12.1. The van der Waals surface area contributed by atoms with Gasteiger partial charge < -0.3 is 5.32 Å². The molecule has 1 amide bonds. The van der Waals surface area contributed by atoms with E-state index in [9.17, 15) is 4.79 Å². The number of carbonyl (C=O) groups is 1. The highest BCUT2D eigenvalue weighted by molar-refractivity contribution is 7.21. The summed E-state index contributed by atoms with van der Waals surface area (Å²) in [4.78, 5) is 25.9. The smallest absolute Gasteiger partial charge is 0.257 e. The molecule has 4 rings (SSSR count). The first-order chi connectivity index (χ1) is 11.8. The van der Waals surface area contributed by atoms with Gasteiger partial charge in [0.15, 0.2) is 0 Å². The van der Waals surface area contributed by atoms with Gasteiger partial charge in [-0.15, -0.1) is 0 Å². The summed E-state index contributed by atoms with van der Waals surface area (Å²) in [6.07, 6.45) is 4.94. The molecule has 0 bridgehead atoms. The van der Waals surface area contributed by atoms with E-state index >= 15 is 0 Å². The molecule has 0 unspecified atom stereocenters. The van der Waals surface area contributed by atoms with E-state index in [2.05, 4.69) is 20.3 Å². The number of hydrogen-bond acceptors (Lipinski definition) is 5. The van der Waals surface area contributed by atoms with E-state index in [-0.39, 0.29) is 5.91 Å². The number of anilines is 1. The van der Waals surface area contributed by atoms with Crippen LogP contribution < -0.4 is 5.32 Å². The van der Waals surface area contributed by atoms with Crippen molar-refractivity contribution in [1.29, 1.82) is 0 Å². The maximum atomic E-state index is 12.1. The zero-order chi connectivity index (χ0) is 16.4. The number of rotatable bonds is 3. The first kappa shape index (κ1) is 14.5. The third-order valence-electron chi connectivity index (χ3n) is 3.48. The summed E-state index contributed by atoms with van der Waals surface area (Å²) in [5.74, 6) is -0.181. The van der Waals surface area contributed by atoms with Crippen molar-refractivity contribution in [3.8, 4) is 10.6 Å². The fourth-order valence-electron chi connectivity index (χ4n) is 2.29. The van der Waals surface area contributed by atoms with Gasteiger partial charge in [-0.3, -0.25) is 9.78 Å². The standard InChI is InChI=1S/C18H12N4OS/c23-16(13-3-1-9-19-11-13)21-14-7-5-12(6-8-14)17-22-15-4-2-10-20-18(15)24-17/h1-11H,(H,21,23). The molecule has 6 heteroatoms. The van der Waals surface area contributed by atoms with Crippen molar-refractivity contribution in [3.05, 3.63) is 72.7 Å². The van der Waals surface area contributed by atoms with Crippen LogP contribution in [0.4, 0.5) is 5.69 Å². The molecule has 0 saturated heterocycles. The molecule has 0 aliphatic rings. The molecule has 1 N–H and O–H groups in total. The van der Waals surface area contributed by atoms with Gasteiger partial charge in [-0.25, -0.2) is 9.97 Å². The highest BCUT2D eigenvalue weighted by Crippen LogP contribution is 2.29. The van der Waals surface area contributed by atoms with Crippen molar-refractivity contribution >= 4 is 33.3 Å². The minimum absolute atomic E-state index is 0.181. The molecule has 0 aliphatic carbocycles. The number of nitrogens with zero attached hydrogens (tertiary/aromatic N) is 3. The van der Waals surface area contributed by atoms with Gasteiger partial charge >= 0.3 is 0 Å². The molecule has 5 nitrogen and oxygen atoms in total. The van der Waals surface area contributed by atoms with E-state index in [1.165, 1.54) is 6.20 Å². The lowest BCUT2D eigenvalue weighted by Crippen LogP contribution is -2.11. The van der Waals surface area contributed by atoms with Gasteiger partial charge in [-0.1, -0.05) is 11.3 Å². The number of nitrogens with one attached hydrogen (secondary N) is 1. The minimum Gasteiger partial charge on any atom is -0.322 e.